The van der Waals surface area contributed by atoms with Crippen LogP contribution in [0.3, 0.4) is 0 Å². The van der Waals surface area contributed by atoms with Crippen LogP contribution in [-0.2, 0) is 11.3 Å². The van der Waals surface area contributed by atoms with Crippen molar-refractivity contribution in [3.05, 3.63) is 71.0 Å². The largest absolute Gasteiger partial charge is 0.339 e. The van der Waals surface area contributed by atoms with E-state index in [1.54, 1.807) is 11.3 Å². The van der Waals surface area contributed by atoms with Crippen molar-refractivity contribution in [1.29, 1.82) is 0 Å². The fourth-order valence-corrected chi connectivity index (χ4v) is 6.16. The maximum absolute atomic E-state index is 12.9. The minimum absolute atomic E-state index is 0.157. The van der Waals surface area contributed by atoms with Gasteiger partial charge in [0.25, 0.3) is 0 Å². The highest BCUT2D eigenvalue weighted by molar-refractivity contribution is 7.99. The number of hydrogen-bond donors (Lipinski definition) is 0. The molecule has 1 aliphatic heterocycles. The maximum atomic E-state index is 12.9. The van der Waals surface area contributed by atoms with Gasteiger partial charge in [-0.15, -0.1) is 21.5 Å². The number of carbonyl (C=O) groups excluding carboxylic acids is 1. The molecule has 1 amide bonds. The summed E-state index contributed by atoms with van der Waals surface area (Å²) in [4.78, 5) is 22.2. The minimum atomic E-state index is 0.157. The number of para-hydroxylation sites is 1. The Kier molecular flexibility index (Phi) is 6.94. The Bertz CT molecular complexity index is 1230. The quantitative estimate of drug-likeness (QED) is 0.360. The molecule has 1 fully saturated rings. The van der Waals surface area contributed by atoms with Crippen molar-refractivity contribution in [3.63, 3.8) is 0 Å². The summed E-state index contributed by atoms with van der Waals surface area (Å²) in [5.74, 6) is 1.39. The molecule has 0 bridgehead atoms. The lowest BCUT2D eigenvalue weighted by Gasteiger charge is -2.37. The third-order valence-corrected chi connectivity index (χ3v) is 8.45. The van der Waals surface area contributed by atoms with Gasteiger partial charge in [0.05, 0.1) is 28.6 Å². The zero-order chi connectivity index (χ0) is 23.5. The van der Waals surface area contributed by atoms with Crippen LogP contribution >= 0.6 is 23.1 Å². The van der Waals surface area contributed by atoms with Crippen LogP contribution < -0.4 is 0 Å². The summed E-state index contributed by atoms with van der Waals surface area (Å²) >= 11 is 3.24. The molecular formula is C25H28N6OS2. The van der Waals surface area contributed by atoms with E-state index < -0.39 is 0 Å². The summed E-state index contributed by atoms with van der Waals surface area (Å²) < 4.78 is 3.30. The van der Waals surface area contributed by atoms with E-state index in [1.165, 1.54) is 22.0 Å². The molecular weight excluding hydrogens is 464 g/mol. The summed E-state index contributed by atoms with van der Waals surface area (Å²) in [6.45, 7) is 8.07. The molecule has 1 saturated heterocycles. The van der Waals surface area contributed by atoms with E-state index in [2.05, 4.69) is 56.9 Å². The SMILES string of the molecule is Cc1nnc(SCC(=O)N2CCN([C@H](C)c3nc4ccccc4s3)CC2)n1Cc1ccccc1. The molecule has 7 nitrogen and oxygen atoms in total. The number of thiazole rings is 1. The van der Waals surface area contributed by atoms with E-state index in [9.17, 15) is 4.79 Å². The van der Waals surface area contributed by atoms with Gasteiger partial charge < -0.3 is 9.47 Å². The lowest BCUT2D eigenvalue weighted by molar-refractivity contribution is -0.130. The lowest BCUT2D eigenvalue weighted by atomic mass is 10.2. The van der Waals surface area contributed by atoms with Crippen molar-refractivity contribution in [2.45, 2.75) is 31.6 Å². The van der Waals surface area contributed by atoms with Gasteiger partial charge in [0, 0.05) is 26.2 Å². The molecule has 0 spiro atoms. The molecule has 1 atom stereocenters. The van der Waals surface area contributed by atoms with Gasteiger partial charge in [-0.05, 0) is 31.5 Å². The van der Waals surface area contributed by atoms with Crippen molar-refractivity contribution >= 4 is 39.2 Å². The number of fused-ring (bicyclic) bond motifs is 1. The van der Waals surface area contributed by atoms with Crippen LogP contribution in [-0.4, -0.2) is 67.4 Å². The first-order valence-electron chi connectivity index (χ1n) is 11.5. The summed E-state index contributed by atoms with van der Waals surface area (Å²) in [5, 5.41) is 10.5. The van der Waals surface area contributed by atoms with Crippen molar-refractivity contribution in [2.75, 3.05) is 31.9 Å². The van der Waals surface area contributed by atoms with E-state index in [0.29, 0.717) is 12.3 Å². The molecule has 5 rings (SSSR count). The molecule has 2 aromatic heterocycles. The fourth-order valence-electron chi connectivity index (χ4n) is 4.22. The second-order valence-electron chi connectivity index (χ2n) is 8.50. The average Bonchev–Trinajstić information content (AvgIpc) is 3.46. The molecule has 0 aliphatic carbocycles. The van der Waals surface area contributed by atoms with E-state index in [-0.39, 0.29) is 11.9 Å². The number of thioether (sulfide) groups is 1. The fraction of sp³-hybridized carbons (Fsp3) is 0.360. The van der Waals surface area contributed by atoms with Gasteiger partial charge in [0.15, 0.2) is 5.16 Å². The molecule has 0 N–H and O–H groups in total. The molecule has 0 saturated carbocycles. The maximum Gasteiger partial charge on any atom is 0.233 e. The normalized spacial score (nSPS) is 15.6. The predicted molar refractivity (Wildman–Crippen MR) is 137 cm³/mol. The summed E-state index contributed by atoms with van der Waals surface area (Å²) in [5.41, 5.74) is 2.26. The number of aryl methyl sites for hydroxylation is 1. The summed E-state index contributed by atoms with van der Waals surface area (Å²) in [6, 6.07) is 18.8. The van der Waals surface area contributed by atoms with Crippen LogP contribution in [0.1, 0.15) is 29.4 Å². The minimum Gasteiger partial charge on any atom is -0.339 e. The van der Waals surface area contributed by atoms with Crippen molar-refractivity contribution in [3.8, 4) is 0 Å². The van der Waals surface area contributed by atoms with Gasteiger partial charge in [-0.2, -0.15) is 0 Å². The Balaban J connectivity index is 1.15. The number of rotatable bonds is 7. The van der Waals surface area contributed by atoms with Crippen molar-refractivity contribution in [2.24, 2.45) is 0 Å². The number of nitrogens with zero attached hydrogens (tertiary/aromatic N) is 6. The van der Waals surface area contributed by atoms with Crippen LogP contribution in [0, 0.1) is 6.92 Å². The molecule has 3 heterocycles. The monoisotopic (exact) mass is 492 g/mol. The van der Waals surface area contributed by atoms with Gasteiger partial charge in [0.2, 0.25) is 5.91 Å². The van der Waals surface area contributed by atoms with E-state index in [0.717, 1.165) is 47.7 Å². The average molecular weight is 493 g/mol. The number of aromatic nitrogens is 4. The van der Waals surface area contributed by atoms with E-state index in [1.807, 2.05) is 36.1 Å². The third kappa shape index (κ3) is 5.01. The number of amides is 1. The van der Waals surface area contributed by atoms with Crippen LogP contribution in [0.4, 0.5) is 0 Å². The van der Waals surface area contributed by atoms with Crippen LogP contribution in [0.25, 0.3) is 10.2 Å². The molecule has 0 unspecified atom stereocenters. The molecule has 1 aliphatic rings. The Labute approximate surface area is 207 Å². The van der Waals surface area contributed by atoms with Gasteiger partial charge in [0.1, 0.15) is 10.8 Å². The van der Waals surface area contributed by atoms with Crippen molar-refractivity contribution < 1.29 is 4.79 Å². The van der Waals surface area contributed by atoms with E-state index in [4.69, 9.17) is 4.98 Å². The topological polar surface area (TPSA) is 67.2 Å². The smallest absolute Gasteiger partial charge is 0.233 e. The molecule has 4 aromatic rings. The second-order valence-corrected chi connectivity index (χ2v) is 10.5. The first kappa shape index (κ1) is 23.0. The highest BCUT2D eigenvalue weighted by Crippen LogP contribution is 2.30. The van der Waals surface area contributed by atoms with Gasteiger partial charge in [-0.1, -0.05) is 54.2 Å². The predicted octanol–water partition coefficient (Wildman–Crippen LogP) is 4.24. The number of benzene rings is 2. The molecule has 0 radical (unpaired) electrons. The Hall–Kier alpha value is -2.75. The first-order chi connectivity index (χ1) is 16.6. The molecule has 176 valence electrons. The van der Waals surface area contributed by atoms with Crippen LogP contribution in [0.2, 0.25) is 0 Å². The van der Waals surface area contributed by atoms with Gasteiger partial charge in [-0.3, -0.25) is 9.69 Å². The summed E-state index contributed by atoms with van der Waals surface area (Å²) in [6.07, 6.45) is 0. The lowest BCUT2D eigenvalue weighted by Crippen LogP contribution is -2.49. The Morgan fingerprint density at radius 1 is 1.03 bits per heavy atom. The Morgan fingerprint density at radius 2 is 1.76 bits per heavy atom. The highest BCUT2D eigenvalue weighted by atomic mass is 32.2. The summed E-state index contributed by atoms with van der Waals surface area (Å²) in [7, 11) is 0. The standard InChI is InChI=1S/C25H28N6OS2/c1-18(24-26-21-10-6-7-11-22(21)34-24)29-12-14-30(15-13-29)23(32)17-33-25-28-27-19(2)31(25)16-20-8-4-3-5-9-20/h3-11,18H,12-17H2,1-2H3/t18-/m1/s1. The second kappa shape index (κ2) is 10.2. The van der Waals surface area contributed by atoms with Crippen LogP contribution in [0.5, 0.6) is 0 Å². The molecule has 9 heteroatoms. The van der Waals surface area contributed by atoms with Gasteiger partial charge in [-0.25, -0.2) is 4.98 Å². The zero-order valence-corrected chi connectivity index (χ0v) is 21.1. The Morgan fingerprint density at radius 3 is 2.53 bits per heavy atom. The highest BCUT2D eigenvalue weighted by Gasteiger charge is 2.26. The third-order valence-electron chi connectivity index (χ3n) is 6.29. The number of carbonyl (C=O) groups is 1. The number of piperazine rings is 1. The zero-order valence-electron chi connectivity index (χ0n) is 19.4. The van der Waals surface area contributed by atoms with Crippen molar-refractivity contribution in [1.82, 2.24) is 29.5 Å². The van der Waals surface area contributed by atoms with E-state index >= 15 is 0 Å². The number of hydrogen-bond acceptors (Lipinski definition) is 7. The first-order valence-corrected chi connectivity index (χ1v) is 13.3. The molecule has 2 aromatic carbocycles. The van der Waals surface area contributed by atoms with Crippen LogP contribution in [0.15, 0.2) is 59.8 Å². The molecule has 34 heavy (non-hydrogen) atoms. The van der Waals surface area contributed by atoms with Gasteiger partial charge >= 0.3 is 0 Å².